The predicted octanol–water partition coefficient (Wildman–Crippen LogP) is 2.93. The summed E-state index contributed by atoms with van der Waals surface area (Å²) in [6.07, 6.45) is 3.04. The number of hydrogen-bond donors (Lipinski definition) is 0. The molecule has 3 aliphatic carbocycles. The predicted molar refractivity (Wildman–Crippen MR) is 46.1 cm³/mol. The summed E-state index contributed by atoms with van der Waals surface area (Å²) in [5.41, 5.74) is 0.748. The van der Waals surface area contributed by atoms with Gasteiger partial charge in [0.2, 0.25) is 0 Å². The van der Waals surface area contributed by atoms with Crippen LogP contribution in [-0.2, 0) is 0 Å². The summed E-state index contributed by atoms with van der Waals surface area (Å²) < 4.78 is 0. The Morgan fingerprint density at radius 1 is 1.18 bits per heavy atom. The van der Waals surface area contributed by atoms with Crippen molar-refractivity contribution >= 4 is 0 Å². The Kier molecular flexibility index (Phi) is 0.906. The largest absolute Gasteiger partial charge is 0.0651 e. The second-order valence-electron chi connectivity index (χ2n) is 5.51. The molecule has 0 aliphatic heterocycles. The van der Waals surface area contributed by atoms with E-state index < -0.39 is 0 Å². The molecular weight excluding hydrogens is 132 g/mol. The summed E-state index contributed by atoms with van der Waals surface area (Å²) >= 11 is 0. The van der Waals surface area contributed by atoms with E-state index in [0.29, 0.717) is 0 Å². The zero-order chi connectivity index (χ0) is 7.80. The van der Waals surface area contributed by atoms with Crippen LogP contribution in [0.2, 0.25) is 0 Å². The van der Waals surface area contributed by atoms with Gasteiger partial charge in [0.05, 0.1) is 0 Å². The van der Waals surface area contributed by atoms with Gasteiger partial charge >= 0.3 is 0 Å². The molecule has 3 saturated carbocycles. The second kappa shape index (κ2) is 1.53. The van der Waals surface area contributed by atoms with Crippen LogP contribution in [0.1, 0.15) is 33.6 Å². The molecule has 0 spiro atoms. The van der Waals surface area contributed by atoms with Crippen LogP contribution >= 0.6 is 0 Å². The monoisotopic (exact) mass is 150 g/mol. The van der Waals surface area contributed by atoms with E-state index in [0.717, 1.165) is 23.2 Å². The molecule has 62 valence electrons. The van der Waals surface area contributed by atoms with E-state index in [9.17, 15) is 0 Å². The van der Waals surface area contributed by atoms with E-state index in [4.69, 9.17) is 0 Å². The Balaban J connectivity index is 1.89. The van der Waals surface area contributed by atoms with Gasteiger partial charge in [-0.05, 0) is 41.4 Å². The van der Waals surface area contributed by atoms with E-state index in [2.05, 4.69) is 20.8 Å². The molecule has 0 heteroatoms. The second-order valence-corrected chi connectivity index (χ2v) is 5.51. The highest BCUT2D eigenvalue weighted by Gasteiger charge is 2.75. The SMILES string of the molecule is CCC1C2CC2C2C1C2(C)C. The fraction of sp³-hybridized carbons (Fsp3) is 1.00. The van der Waals surface area contributed by atoms with Crippen LogP contribution in [0.3, 0.4) is 0 Å². The highest BCUT2D eigenvalue weighted by atomic mass is 14.8. The van der Waals surface area contributed by atoms with Gasteiger partial charge in [-0.2, -0.15) is 0 Å². The number of rotatable bonds is 1. The Labute approximate surface area is 69.4 Å². The third-order valence-electron chi connectivity index (χ3n) is 4.83. The minimum Gasteiger partial charge on any atom is -0.0651 e. The van der Waals surface area contributed by atoms with Crippen molar-refractivity contribution in [2.75, 3.05) is 0 Å². The molecule has 0 saturated heterocycles. The molecule has 3 rings (SSSR count). The molecule has 0 nitrogen and oxygen atoms in total. The Morgan fingerprint density at radius 2 is 1.91 bits per heavy atom. The molecule has 0 bridgehead atoms. The molecular formula is C11H18. The first-order chi connectivity index (χ1) is 5.18. The lowest BCUT2D eigenvalue weighted by Gasteiger charge is -2.15. The molecule has 0 N–H and O–H groups in total. The Bertz CT molecular complexity index is 204. The molecule has 0 aromatic rings. The van der Waals surface area contributed by atoms with E-state index in [1.807, 2.05) is 0 Å². The van der Waals surface area contributed by atoms with Crippen molar-refractivity contribution in [3.8, 4) is 0 Å². The normalized spacial score (nSPS) is 61.9. The van der Waals surface area contributed by atoms with E-state index in [1.165, 1.54) is 18.3 Å². The molecule has 0 aromatic carbocycles. The Hall–Kier alpha value is 0. The lowest BCUT2D eigenvalue weighted by Crippen LogP contribution is -2.08. The Morgan fingerprint density at radius 3 is 2.36 bits per heavy atom. The van der Waals surface area contributed by atoms with Gasteiger partial charge in [0, 0.05) is 0 Å². The molecule has 0 aromatic heterocycles. The summed E-state index contributed by atoms with van der Waals surface area (Å²) in [5, 5.41) is 0. The van der Waals surface area contributed by atoms with Gasteiger partial charge in [-0.1, -0.05) is 27.2 Å². The average Bonchev–Trinajstić information content (AvgIpc) is 2.75. The maximum atomic E-state index is 2.49. The smallest absolute Gasteiger partial charge is 0.0286 e. The zero-order valence-electron chi connectivity index (χ0n) is 7.80. The number of hydrogen-bond acceptors (Lipinski definition) is 0. The van der Waals surface area contributed by atoms with Gasteiger partial charge in [-0.3, -0.25) is 0 Å². The first-order valence-corrected chi connectivity index (χ1v) is 5.18. The van der Waals surface area contributed by atoms with E-state index in [-0.39, 0.29) is 0 Å². The summed E-state index contributed by atoms with van der Waals surface area (Å²) in [7, 11) is 0. The van der Waals surface area contributed by atoms with Crippen molar-refractivity contribution in [3.63, 3.8) is 0 Å². The third-order valence-corrected chi connectivity index (χ3v) is 4.83. The van der Waals surface area contributed by atoms with Crippen molar-refractivity contribution < 1.29 is 0 Å². The number of fused-ring (bicyclic) bond motifs is 3. The zero-order valence-corrected chi connectivity index (χ0v) is 7.80. The molecule has 3 fully saturated rings. The molecule has 0 radical (unpaired) electrons. The van der Waals surface area contributed by atoms with Gasteiger partial charge in [0.25, 0.3) is 0 Å². The van der Waals surface area contributed by atoms with Crippen molar-refractivity contribution in [2.24, 2.45) is 35.0 Å². The first-order valence-electron chi connectivity index (χ1n) is 5.18. The highest BCUT2D eigenvalue weighted by molar-refractivity contribution is 5.23. The van der Waals surface area contributed by atoms with Gasteiger partial charge < -0.3 is 0 Å². The molecule has 11 heavy (non-hydrogen) atoms. The maximum absolute atomic E-state index is 2.49. The molecule has 0 amide bonds. The topological polar surface area (TPSA) is 0 Å². The fourth-order valence-corrected chi connectivity index (χ4v) is 4.32. The fourth-order valence-electron chi connectivity index (χ4n) is 4.32. The van der Waals surface area contributed by atoms with Gasteiger partial charge in [-0.15, -0.1) is 0 Å². The molecule has 0 heterocycles. The van der Waals surface area contributed by atoms with Crippen LogP contribution in [0.25, 0.3) is 0 Å². The standard InChI is InChI=1S/C11H18/c1-4-6-7-5-8(7)10-9(6)11(10,2)3/h6-10H,4-5H2,1-3H3. The van der Waals surface area contributed by atoms with Crippen molar-refractivity contribution in [1.29, 1.82) is 0 Å². The van der Waals surface area contributed by atoms with Crippen LogP contribution in [0.5, 0.6) is 0 Å². The van der Waals surface area contributed by atoms with Crippen molar-refractivity contribution in [1.82, 2.24) is 0 Å². The highest BCUT2D eigenvalue weighted by Crippen LogP contribution is 2.81. The lowest BCUT2D eigenvalue weighted by molar-refractivity contribution is 0.337. The van der Waals surface area contributed by atoms with Crippen LogP contribution < -0.4 is 0 Å². The van der Waals surface area contributed by atoms with Gasteiger partial charge in [0.1, 0.15) is 0 Å². The van der Waals surface area contributed by atoms with E-state index in [1.54, 1.807) is 6.42 Å². The van der Waals surface area contributed by atoms with E-state index >= 15 is 0 Å². The van der Waals surface area contributed by atoms with Crippen LogP contribution in [0, 0.1) is 35.0 Å². The third kappa shape index (κ3) is 0.554. The minimum absolute atomic E-state index is 0.748. The quantitative estimate of drug-likeness (QED) is 0.539. The minimum atomic E-state index is 0.748. The van der Waals surface area contributed by atoms with Crippen molar-refractivity contribution in [3.05, 3.63) is 0 Å². The van der Waals surface area contributed by atoms with Crippen LogP contribution in [-0.4, -0.2) is 0 Å². The van der Waals surface area contributed by atoms with Gasteiger partial charge in [0.15, 0.2) is 0 Å². The van der Waals surface area contributed by atoms with Gasteiger partial charge in [-0.25, -0.2) is 0 Å². The van der Waals surface area contributed by atoms with Crippen molar-refractivity contribution in [2.45, 2.75) is 33.6 Å². The average molecular weight is 150 g/mol. The molecule has 5 unspecified atom stereocenters. The maximum Gasteiger partial charge on any atom is -0.0286 e. The summed E-state index contributed by atoms with van der Waals surface area (Å²) in [6.45, 7) is 7.36. The molecule has 5 atom stereocenters. The summed E-state index contributed by atoms with van der Waals surface area (Å²) in [5.74, 6) is 5.77. The first kappa shape index (κ1) is 6.51. The summed E-state index contributed by atoms with van der Waals surface area (Å²) in [4.78, 5) is 0. The molecule has 3 aliphatic rings. The van der Waals surface area contributed by atoms with Crippen LogP contribution in [0.4, 0.5) is 0 Å². The lowest BCUT2D eigenvalue weighted by atomic mass is 9.90. The summed E-state index contributed by atoms with van der Waals surface area (Å²) in [6, 6.07) is 0. The van der Waals surface area contributed by atoms with Crippen LogP contribution in [0.15, 0.2) is 0 Å².